The van der Waals surface area contributed by atoms with E-state index in [1.54, 1.807) is 0 Å². The Bertz CT molecular complexity index is 381. The molecule has 4 bridgehead atoms. The van der Waals surface area contributed by atoms with Crippen molar-refractivity contribution in [3.8, 4) is 0 Å². The van der Waals surface area contributed by atoms with E-state index in [2.05, 4.69) is 22.2 Å². The van der Waals surface area contributed by atoms with Gasteiger partial charge in [-0.3, -0.25) is 9.69 Å². The molecule has 1 amide bonds. The highest BCUT2D eigenvalue weighted by atomic mass is 35.5. The molecule has 0 unspecified atom stereocenters. The second-order valence-corrected chi connectivity index (χ2v) is 8.10. The average molecular weight is 328 g/mol. The minimum Gasteiger partial charge on any atom is -0.352 e. The molecule has 4 nitrogen and oxygen atoms in total. The average Bonchev–Trinajstić information content (AvgIpc) is 2.45. The zero-order valence-corrected chi connectivity index (χ0v) is 14.5. The van der Waals surface area contributed by atoms with Crippen molar-refractivity contribution in [3.63, 3.8) is 0 Å². The largest absolute Gasteiger partial charge is 0.352 e. The van der Waals surface area contributed by atoms with E-state index in [1.807, 2.05) is 0 Å². The molecule has 5 rings (SSSR count). The van der Waals surface area contributed by atoms with E-state index in [0.29, 0.717) is 12.6 Å². The first-order valence-corrected chi connectivity index (χ1v) is 8.87. The van der Waals surface area contributed by atoms with Gasteiger partial charge in [-0.25, -0.2) is 0 Å². The Kier molecular flexibility index (Phi) is 5.01. The molecule has 0 aromatic heterocycles. The molecule has 4 saturated carbocycles. The molecule has 1 heterocycles. The van der Waals surface area contributed by atoms with Crippen LogP contribution in [-0.2, 0) is 4.79 Å². The van der Waals surface area contributed by atoms with Gasteiger partial charge < -0.3 is 10.2 Å². The molecule has 1 aliphatic heterocycles. The molecule has 0 atom stereocenters. The molecule has 0 aromatic rings. The number of amides is 1. The first-order chi connectivity index (χ1) is 10.2. The van der Waals surface area contributed by atoms with Crippen LogP contribution in [0.3, 0.4) is 0 Å². The molecule has 1 saturated heterocycles. The summed E-state index contributed by atoms with van der Waals surface area (Å²) in [6.07, 6.45) is 7.01. The van der Waals surface area contributed by atoms with Gasteiger partial charge in [0.1, 0.15) is 0 Å². The molecule has 126 valence electrons. The third kappa shape index (κ3) is 3.29. The fraction of sp³-hybridized carbons (Fsp3) is 0.941. The van der Waals surface area contributed by atoms with Gasteiger partial charge in [-0.15, -0.1) is 12.4 Å². The lowest BCUT2D eigenvalue weighted by molar-refractivity contribution is -0.126. The molecule has 5 fully saturated rings. The monoisotopic (exact) mass is 327 g/mol. The topological polar surface area (TPSA) is 35.6 Å². The number of piperazine rings is 1. The highest BCUT2D eigenvalue weighted by molar-refractivity contribution is 5.85. The van der Waals surface area contributed by atoms with Crippen molar-refractivity contribution in [1.29, 1.82) is 0 Å². The van der Waals surface area contributed by atoms with Gasteiger partial charge in [0.25, 0.3) is 0 Å². The van der Waals surface area contributed by atoms with Crippen LogP contribution in [0.2, 0.25) is 0 Å². The van der Waals surface area contributed by atoms with Gasteiger partial charge in [0.2, 0.25) is 5.91 Å². The van der Waals surface area contributed by atoms with Crippen molar-refractivity contribution < 1.29 is 4.79 Å². The maximum absolute atomic E-state index is 12.4. The molecule has 4 aliphatic carbocycles. The predicted octanol–water partition coefficient (Wildman–Crippen LogP) is 1.60. The van der Waals surface area contributed by atoms with Gasteiger partial charge in [-0.05, 0) is 62.8 Å². The van der Waals surface area contributed by atoms with Crippen LogP contribution >= 0.6 is 12.4 Å². The Morgan fingerprint density at radius 2 is 1.50 bits per heavy atom. The van der Waals surface area contributed by atoms with Crippen LogP contribution in [0.25, 0.3) is 0 Å². The van der Waals surface area contributed by atoms with Crippen LogP contribution in [0.4, 0.5) is 0 Å². The number of nitrogens with zero attached hydrogens (tertiary/aromatic N) is 2. The Morgan fingerprint density at radius 3 is 2.05 bits per heavy atom. The second-order valence-electron chi connectivity index (χ2n) is 8.10. The number of likely N-dealkylation sites (N-methyl/N-ethyl adjacent to an activating group) is 1. The number of hydrogen-bond donors (Lipinski definition) is 1. The van der Waals surface area contributed by atoms with Crippen molar-refractivity contribution in [2.45, 2.75) is 38.1 Å². The third-order valence-electron chi connectivity index (χ3n) is 6.52. The first-order valence-electron chi connectivity index (χ1n) is 8.87. The molecule has 22 heavy (non-hydrogen) atoms. The van der Waals surface area contributed by atoms with E-state index < -0.39 is 0 Å². The summed E-state index contributed by atoms with van der Waals surface area (Å²) in [5, 5.41) is 3.43. The SMILES string of the molecule is CN1CCN(CC(=O)NC2C3CC4CC(C3)CC2C4)CC1.Cl. The lowest BCUT2D eigenvalue weighted by Crippen LogP contribution is -2.57. The van der Waals surface area contributed by atoms with Crippen LogP contribution in [0.1, 0.15) is 32.1 Å². The van der Waals surface area contributed by atoms with Crippen LogP contribution < -0.4 is 5.32 Å². The minimum absolute atomic E-state index is 0. The number of hydrogen-bond acceptors (Lipinski definition) is 3. The van der Waals surface area contributed by atoms with Gasteiger partial charge in [0.15, 0.2) is 0 Å². The van der Waals surface area contributed by atoms with Gasteiger partial charge in [-0.1, -0.05) is 0 Å². The number of carbonyl (C=O) groups excluding carboxylic acids is 1. The van der Waals surface area contributed by atoms with Crippen molar-refractivity contribution in [3.05, 3.63) is 0 Å². The Morgan fingerprint density at radius 1 is 0.955 bits per heavy atom. The molecule has 0 spiro atoms. The summed E-state index contributed by atoms with van der Waals surface area (Å²) in [4.78, 5) is 17.1. The van der Waals surface area contributed by atoms with E-state index >= 15 is 0 Å². The fourth-order valence-corrected chi connectivity index (χ4v) is 5.60. The number of rotatable bonds is 3. The second kappa shape index (κ2) is 6.66. The maximum atomic E-state index is 12.4. The molecule has 0 aromatic carbocycles. The van der Waals surface area contributed by atoms with E-state index in [9.17, 15) is 4.79 Å². The zero-order valence-electron chi connectivity index (χ0n) is 13.7. The molecule has 1 N–H and O–H groups in total. The van der Waals surface area contributed by atoms with Gasteiger partial charge >= 0.3 is 0 Å². The summed E-state index contributed by atoms with van der Waals surface area (Å²) < 4.78 is 0. The minimum atomic E-state index is 0. The van der Waals surface area contributed by atoms with Crippen molar-refractivity contribution in [1.82, 2.24) is 15.1 Å². The van der Waals surface area contributed by atoms with E-state index in [4.69, 9.17) is 0 Å². The summed E-state index contributed by atoms with van der Waals surface area (Å²) in [6.45, 7) is 4.85. The van der Waals surface area contributed by atoms with Gasteiger partial charge in [0.05, 0.1) is 6.54 Å². The van der Waals surface area contributed by atoms with Crippen LogP contribution in [0.15, 0.2) is 0 Å². The Hall–Kier alpha value is -0.320. The molecule has 0 radical (unpaired) electrons. The highest BCUT2D eigenvalue weighted by Crippen LogP contribution is 2.53. The Labute approximate surface area is 140 Å². The third-order valence-corrected chi connectivity index (χ3v) is 6.52. The van der Waals surface area contributed by atoms with E-state index in [0.717, 1.165) is 49.9 Å². The van der Waals surface area contributed by atoms with Crippen molar-refractivity contribution in [2.24, 2.45) is 23.7 Å². The fourth-order valence-electron chi connectivity index (χ4n) is 5.60. The van der Waals surface area contributed by atoms with E-state index in [1.165, 1.54) is 32.1 Å². The maximum Gasteiger partial charge on any atom is 0.234 e. The standard InChI is InChI=1S/C17H29N3O.ClH/c1-19-2-4-20(5-3-19)11-16(21)18-17-14-7-12-6-13(9-14)10-15(17)8-12;/h12-15,17H,2-11H2,1H3,(H,18,21);1H. The van der Waals surface area contributed by atoms with Crippen molar-refractivity contribution in [2.75, 3.05) is 39.8 Å². The lowest BCUT2D eigenvalue weighted by Gasteiger charge is -2.54. The zero-order chi connectivity index (χ0) is 14.4. The quantitative estimate of drug-likeness (QED) is 0.855. The number of halogens is 1. The Balaban J connectivity index is 0.00000144. The van der Waals surface area contributed by atoms with E-state index in [-0.39, 0.29) is 18.3 Å². The summed E-state index contributed by atoms with van der Waals surface area (Å²) >= 11 is 0. The van der Waals surface area contributed by atoms with Gasteiger partial charge in [0, 0.05) is 32.2 Å². The van der Waals surface area contributed by atoms with Crippen LogP contribution in [-0.4, -0.2) is 61.5 Å². The van der Waals surface area contributed by atoms with Crippen molar-refractivity contribution >= 4 is 18.3 Å². The molecular weight excluding hydrogens is 298 g/mol. The molecule has 5 aliphatic rings. The molecule has 5 heteroatoms. The number of nitrogens with one attached hydrogen (secondary N) is 1. The predicted molar refractivity (Wildman–Crippen MR) is 90.2 cm³/mol. The van der Waals surface area contributed by atoms with Crippen LogP contribution in [0, 0.1) is 23.7 Å². The first kappa shape index (κ1) is 16.5. The summed E-state index contributed by atoms with van der Waals surface area (Å²) in [5.74, 6) is 3.82. The summed E-state index contributed by atoms with van der Waals surface area (Å²) in [5.41, 5.74) is 0. The van der Waals surface area contributed by atoms with Gasteiger partial charge in [-0.2, -0.15) is 0 Å². The smallest absolute Gasteiger partial charge is 0.234 e. The molecular formula is C17H30ClN3O. The highest BCUT2D eigenvalue weighted by Gasteiger charge is 2.48. The summed E-state index contributed by atoms with van der Waals surface area (Å²) in [6, 6.07) is 0.498. The number of carbonyl (C=O) groups is 1. The van der Waals surface area contributed by atoms with Crippen LogP contribution in [0.5, 0.6) is 0 Å². The summed E-state index contributed by atoms with van der Waals surface area (Å²) in [7, 11) is 2.16. The lowest BCUT2D eigenvalue weighted by atomic mass is 9.54. The normalized spacial score (nSPS) is 41.2.